The number of carboxylic acid groups (broad SMARTS) is 1. The minimum absolute atomic E-state index is 0.0953. The highest BCUT2D eigenvalue weighted by Crippen LogP contribution is 2.21. The molecule has 1 aliphatic rings. The number of piperidine rings is 1. The molecule has 1 amide bonds. The maximum Gasteiger partial charge on any atom is 0.303 e. The molecule has 1 aliphatic heterocycles. The van der Waals surface area contributed by atoms with Crippen LogP contribution in [0.15, 0.2) is 6.07 Å². The number of rotatable bonds is 13. The number of hydrogen-bond acceptors (Lipinski definition) is 5. The number of unbranched alkanes of at least 4 members (excludes halogenated alkanes) is 7. The van der Waals surface area contributed by atoms with Gasteiger partial charge in [0.15, 0.2) is 0 Å². The van der Waals surface area contributed by atoms with E-state index in [2.05, 4.69) is 20.2 Å². The molecule has 2 rings (SSSR count). The Hall–Kier alpha value is -2.18. The van der Waals surface area contributed by atoms with Gasteiger partial charge in [-0.1, -0.05) is 38.5 Å². The molecule has 30 heavy (non-hydrogen) atoms. The molecule has 0 aliphatic carbocycles. The van der Waals surface area contributed by atoms with Gasteiger partial charge >= 0.3 is 5.97 Å². The van der Waals surface area contributed by atoms with Crippen LogP contribution >= 0.6 is 0 Å². The van der Waals surface area contributed by atoms with Crippen molar-refractivity contribution >= 4 is 17.8 Å². The monoisotopic (exact) mass is 418 g/mol. The van der Waals surface area contributed by atoms with Gasteiger partial charge in [0.1, 0.15) is 0 Å². The van der Waals surface area contributed by atoms with Crippen LogP contribution in [0.2, 0.25) is 0 Å². The van der Waals surface area contributed by atoms with Crippen molar-refractivity contribution in [3.63, 3.8) is 0 Å². The van der Waals surface area contributed by atoms with Crippen molar-refractivity contribution in [2.24, 2.45) is 5.92 Å². The lowest BCUT2D eigenvalue weighted by atomic mass is 9.96. The van der Waals surface area contributed by atoms with Crippen LogP contribution in [0.4, 0.5) is 5.95 Å². The number of nitrogens with one attached hydrogen (secondary N) is 1. The predicted octanol–water partition coefficient (Wildman–Crippen LogP) is 4.02. The number of hydrogen-bond donors (Lipinski definition) is 2. The average Bonchev–Trinajstić information content (AvgIpc) is 2.71. The van der Waals surface area contributed by atoms with Gasteiger partial charge in [-0.3, -0.25) is 9.59 Å². The molecule has 7 nitrogen and oxygen atoms in total. The molecule has 0 unspecified atom stereocenters. The van der Waals surface area contributed by atoms with E-state index < -0.39 is 5.97 Å². The Kier molecular flexibility index (Phi) is 10.6. The van der Waals surface area contributed by atoms with Gasteiger partial charge in [0, 0.05) is 43.4 Å². The number of carboxylic acids is 1. The Balaban J connectivity index is 1.50. The lowest BCUT2D eigenvalue weighted by Gasteiger charge is -2.31. The van der Waals surface area contributed by atoms with Gasteiger partial charge in [0.05, 0.1) is 0 Å². The fourth-order valence-electron chi connectivity index (χ4n) is 4.01. The van der Waals surface area contributed by atoms with Crippen LogP contribution in [0.1, 0.15) is 82.0 Å². The minimum atomic E-state index is -0.696. The summed E-state index contributed by atoms with van der Waals surface area (Å²) in [7, 11) is 0. The summed E-state index contributed by atoms with van der Waals surface area (Å²) >= 11 is 0. The van der Waals surface area contributed by atoms with Crippen molar-refractivity contribution in [1.82, 2.24) is 15.3 Å². The largest absolute Gasteiger partial charge is 0.481 e. The van der Waals surface area contributed by atoms with Gasteiger partial charge < -0.3 is 15.3 Å². The van der Waals surface area contributed by atoms with E-state index in [9.17, 15) is 9.59 Å². The molecule has 168 valence electrons. The molecule has 1 aromatic rings. The summed E-state index contributed by atoms with van der Waals surface area (Å²) in [6.07, 6.45) is 10.6. The summed E-state index contributed by atoms with van der Waals surface area (Å²) in [6, 6.07) is 1.98. The van der Waals surface area contributed by atoms with Crippen LogP contribution in [0.5, 0.6) is 0 Å². The predicted molar refractivity (Wildman–Crippen MR) is 119 cm³/mol. The molecule has 2 heterocycles. The zero-order chi connectivity index (χ0) is 21.8. The second kappa shape index (κ2) is 13.2. The average molecular weight is 419 g/mol. The van der Waals surface area contributed by atoms with Gasteiger partial charge in [-0.25, -0.2) is 9.97 Å². The molecular weight excluding hydrogens is 380 g/mol. The maximum atomic E-state index is 12.4. The second-order valence-electron chi connectivity index (χ2n) is 8.48. The number of carbonyl (C=O) groups excluding carboxylic acids is 1. The third-order valence-corrected chi connectivity index (χ3v) is 5.74. The van der Waals surface area contributed by atoms with Crippen LogP contribution in [-0.4, -0.2) is 46.6 Å². The Labute approximate surface area is 180 Å². The third-order valence-electron chi connectivity index (χ3n) is 5.74. The highest BCUT2D eigenvalue weighted by molar-refractivity contribution is 5.78. The van der Waals surface area contributed by atoms with E-state index in [1.807, 2.05) is 19.9 Å². The topological polar surface area (TPSA) is 95.4 Å². The van der Waals surface area contributed by atoms with Crippen LogP contribution in [-0.2, 0) is 9.59 Å². The van der Waals surface area contributed by atoms with Gasteiger partial charge in [-0.2, -0.15) is 0 Å². The number of aliphatic carboxylic acids is 1. The first-order chi connectivity index (χ1) is 14.5. The summed E-state index contributed by atoms with van der Waals surface area (Å²) in [4.78, 5) is 34.1. The molecule has 0 aromatic carbocycles. The van der Waals surface area contributed by atoms with E-state index in [4.69, 9.17) is 5.11 Å². The summed E-state index contributed by atoms with van der Waals surface area (Å²) in [6.45, 7) is 6.39. The highest BCUT2D eigenvalue weighted by Gasteiger charge is 2.26. The zero-order valence-corrected chi connectivity index (χ0v) is 18.7. The summed E-state index contributed by atoms with van der Waals surface area (Å²) in [5.41, 5.74) is 1.96. The molecule has 0 bridgehead atoms. The quantitative estimate of drug-likeness (QED) is 0.470. The number of carbonyl (C=O) groups is 2. The molecule has 1 saturated heterocycles. The van der Waals surface area contributed by atoms with Gasteiger partial charge in [-0.05, 0) is 45.6 Å². The fraction of sp³-hybridized carbons (Fsp3) is 0.739. The van der Waals surface area contributed by atoms with Crippen molar-refractivity contribution < 1.29 is 14.7 Å². The molecular formula is C23H38N4O3. The Bertz CT molecular complexity index is 652. The van der Waals surface area contributed by atoms with Crippen molar-refractivity contribution in [2.75, 3.05) is 24.5 Å². The molecule has 0 radical (unpaired) electrons. The van der Waals surface area contributed by atoms with Crippen LogP contribution in [0.3, 0.4) is 0 Å². The number of amides is 1. The van der Waals surface area contributed by atoms with Gasteiger partial charge in [0.2, 0.25) is 11.9 Å². The lowest BCUT2D eigenvalue weighted by molar-refractivity contribution is -0.137. The molecule has 2 N–H and O–H groups in total. The third kappa shape index (κ3) is 9.09. The first kappa shape index (κ1) is 24.1. The fourth-order valence-corrected chi connectivity index (χ4v) is 4.01. The number of nitrogens with zero attached hydrogens (tertiary/aromatic N) is 3. The van der Waals surface area contributed by atoms with Crippen LogP contribution in [0, 0.1) is 19.8 Å². The van der Waals surface area contributed by atoms with Crippen molar-refractivity contribution in [3.8, 4) is 0 Å². The second-order valence-corrected chi connectivity index (χ2v) is 8.48. The van der Waals surface area contributed by atoms with E-state index >= 15 is 0 Å². The lowest BCUT2D eigenvalue weighted by Crippen LogP contribution is -2.41. The number of aromatic nitrogens is 2. The maximum absolute atomic E-state index is 12.4. The van der Waals surface area contributed by atoms with Crippen molar-refractivity contribution in [2.45, 2.75) is 84.5 Å². The Morgan fingerprint density at radius 3 is 2.07 bits per heavy atom. The Morgan fingerprint density at radius 2 is 1.50 bits per heavy atom. The molecule has 0 atom stereocenters. The van der Waals surface area contributed by atoms with Crippen molar-refractivity contribution in [3.05, 3.63) is 17.5 Å². The van der Waals surface area contributed by atoms with Crippen LogP contribution in [0.25, 0.3) is 0 Å². The first-order valence-electron chi connectivity index (χ1n) is 11.5. The molecule has 1 aromatic heterocycles. The van der Waals surface area contributed by atoms with E-state index in [0.29, 0.717) is 0 Å². The van der Waals surface area contributed by atoms with Crippen molar-refractivity contribution in [1.29, 1.82) is 0 Å². The molecule has 7 heteroatoms. The first-order valence-corrected chi connectivity index (χ1v) is 11.5. The van der Waals surface area contributed by atoms with E-state index in [1.165, 1.54) is 19.3 Å². The standard InChI is InChI=1S/C23H38N4O3/c1-18-17-19(2)26-23(25-18)27-15-12-20(13-16-27)22(30)24-14-10-8-6-4-3-5-7-9-11-21(28)29/h17,20H,3-16H2,1-2H3,(H,24,30)(H,28,29). The smallest absolute Gasteiger partial charge is 0.303 e. The summed E-state index contributed by atoms with van der Waals surface area (Å²) in [5, 5.41) is 11.7. The number of aryl methyl sites for hydroxylation is 2. The van der Waals surface area contributed by atoms with Crippen LogP contribution < -0.4 is 10.2 Å². The summed E-state index contributed by atoms with van der Waals surface area (Å²) in [5.74, 6) is 0.374. The zero-order valence-electron chi connectivity index (χ0n) is 18.7. The van der Waals surface area contributed by atoms with E-state index in [-0.39, 0.29) is 18.2 Å². The minimum Gasteiger partial charge on any atom is -0.481 e. The SMILES string of the molecule is Cc1cc(C)nc(N2CCC(C(=O)NCCCCCCCCCCC(=O)O)CC2)n1. The molecule has 0 spiro atoms. The van der Waals surface area contributed by atoms with E-state index in [1.54, 1.807) is 0 Å². The van der Waals surface area contributed by atoms with Gasteiger partial charge in [-0.15, -0.1) is 0 Å². The van der Waals surface area contributed by atoms with Gasteiger partial charge in [0.25, 0.3) is 0 Å². The molecule has 0 saturated carbocycles. The summed E-state index contributed by atoms with van der Waals surface area (Å²) < 4.78 is 0. The normalized spacial score (nSPS) is 14.7. The highest BCUT2D eigenvalue weighted by atomic mass is 16.4. The van der Waals surface area contributed by atoms with E-state index in [0.717, 1.165) is 81.9 Å². The molecule has 1 fully saturated rings. The Morgan fingerprint density at radius 1 is 0.967 bits per heavy atom. The number of anilines is 1.